The van der Waals surface area contributed by atoms with E-state index in [1.165, 1.54) is 0 Å². The minimum absolute atomic E-state index is 0.218. The van der Waals surface area contributed by atoms with Crippen molar-refractivity contribution in [2.75, 3.05) is 6.54 Å². The summed E-state index contributed by atoms with van der Waals surface area (Å²) < 4.78 is 5.13. The SMILES string of the molecule is CC(C)CC(C)(O)CNC(=O)c1cc(C2CC2)on1. The quantitative estimate of drug-likeness (QED) is 0.826. The molecule has 1 aliphatic rings. The van der Waals surface area contributed by atoms with Gasteiger partial charge >= 0.3 is 0 Å². The first-order valence-corrected chi connectivity index (χ1v) is 6.84. The molecule has 2 rings (SSSR count). The maximum Gasteiger partial charge on any atom is 0.273 e. The maximum atomic E-state index is 11.9. The van der Waals surface area contributed by atoms with Crippen LogP contribution < -0.4 is 5.32 Å². The minimum atomic E-state index is -0.896. The Kier molecular flexibility index (Phi) is 3.94. The van der Waals surface area contributed by atoms with E-state index < -0.39 is 5.60 Å². The summed E-state index contributed by atoms with van der Waals surface area (Å²) in [5, 5.41) is 16.6. The average molecular weight is 266 g/mol. The van der Waals surface area contributed by atoms with Gasteiger partial charge in [0.25, 0.3) is 5.91 Å². The number of nitrogens with one attached hydrogen (secondary N) is 1. The smallest absolute Gasteiger partial charge is 0.273 e. The third kappa shape index (κ3) is 4.06. The van der Waals surface area contributed by atoms with Crippen LogP contribution in [0.15, 0.2) is 10.6 Å². The molecule has 1 heterocycles. The highest BCUT2D eigenvalue weighted by Gasteiger charge is 2.29. The summed E-state index contributed by atoms with van der Waals surface area (Å²) in [6, 6.07) is 1.70. The van der Waals surface area contributed by atoms with Gasteiger partial charge in [-0.2, -0.15) is 0 Å². The second kappa shape index (κ2) is 5.33. The molecular weight excluding hydrogens is 244 g/mol. The lowest BCUT2D eigenvalue weighted by Crippen LogP contribution is -2.41. The second-order valence-corrected chi connectivity index (χ2v) is 6.17. The molecule has 1 unspecified atom stereocenters. The largest absolute Gasteiger partial charge is 0.388 e. The van der Waals surface area contributed by atoms with Crippen LogP contribution in [0.4, 0.5) is 0 Å². The van der Waals surface area contributed by atoms with Crippen LogP contribution in [0.25, 0.3) is 0 Å². The molecule has 1 amide bonds. The van der Waals surface area contributed by atoms with Gasteiger partial charge in [0, 0.05) is 18.5 Å². The molecule has 1 atom stereocenters. The Morgan fingerprint density at radius 3 is 2.89 bits per heavy atom. The summed E-state index contributed by atoms with van der Waals surface area (Å²) in [7, 11) is 0. The first-order valence-electron chi connectivity index (χ1n) is 6.84. The monoisotopic (exact) mass is 266 g/mol. The lowest BCUT2D eigenvalue weighted by molar-refractivity contribution is 0.0367. The van der Waals surface area contributed by atoms with Crippen molar-refractivity contribution in [3.8, 4) is 0 Å². The van der Waals surface area contributed by atoms with Crippen molar-refractivity contribution >= 4 is 5.91 Å². The number of carbonyl (C=O) groups excluding carboxylic acids is 1. The van der Waals surface area contributed by atoms with Gasteiger partial charge in [-0.1, -0.05) is 19.0 Å². The van der Waals surface area contributed by atoms with Crippen LogP contribution in [0.3, 0.4) is 0 Å². The number of amides is 1. The lowest BCUT2D eigenvalue weighted by atomic mass is 9.94. The summed E-state index contributed by atoms with van der Waals surface area (Å²) in [6.45, 7) is 6.02. The van der Waals surface area contributed by atoms with E-state index in [2.05, 4.69) is 10.5 Å². The standard InChI is InChI=1S/C14H22N2O3/c1-9(2)7-14(3,18)8-15-13(17)11-6-12(19-16-11)10-4-5-10/h6,9-10,18H,4-5,7-8H2,1-3H3,(H,15,17). The highest BCUT2D eigenvalue weighted by atomic mass is 16.5. The molecule has 106 valence electrons. The van der Waals surface area contributed by atoms with E-state index in [4.69, 9.17) is 4.52 Å². The lowest BCUT2D eigenvalue weighted by Gasteiger charge is -2.25. The fourth-order valence-corrected chi connectivity index (χ4v) is 2.27. The first kappa shape index (κ1) is 14.1. The molecule has 0 radical (unpaired) electrons. The number of hydrogen-bond donors (Lipinski definition) is 2. The Bertz CT molecular complexity index is 447. The van der Waals surface area contributed by atoms with Crippen molar-refractivity contribution in [2.45, 2.75) is 51.6 Å². The van der Waals surface area contributed by atoms with Gasteiger partial charge in [-0.05, 0) is 32.1 Å². The van der Waals surface area contributed by atoms with E-state index in [0.29, 0.717) is 24.0 Å². The molecule has 2 N–H and O–H groups in total. The number of hydrogen-bond acceptors (Lipinski definition) is 4. The van der Waals surface area contributed by atoms with Gasteiger partial charge in [-0.3, -0.25) is 4.79 Å². The van der Waals surface area contributed by atoms with Gasteiger partial charge in [0.15, 0.2) is 5.69 Å². The number of carbonyl (C=O) groups is 1. The predicted octanol–water partition coefficient (Wildman–Crippen LogP) is 2.08. The van der Waals surface area contributed by atoms with Crippen LogP contribution >= 0.6 is 0 Å². The zero-order valence-electron chi connectivity index (χ0n) is 11.8. The van der Waals surface area contributed by atoms with Crippen molar-refractivity contribution in [1.29, 1.82) is 0 Å². The van der Waals surface area contributed by atoms with E-state index in [0.717, 1.165) is 18.6 Å². The topological polar surface area (TPSA) is 75.4 Å². The predicted molar refractivity (Wildman–Crippen MR) is 70.9 cm³/mol. The van der Waals surface area contributed by atoms with Gasteiger partial charge in [0.1, 0.15) is 5.76 Å². The Labute approximate surface area is 113 Å². The highest BCUT2D eigenvalue weighted by molar-refractivity contribution is 5.92. The van der Waals surface area contributed by atoms with Crippen LogP contribution in [0.1, 0.15) is 62.2 Å². The summed E-state index contributed by atoms with van der Waals surface area (Å²) >= 11 is 0. The normalized spacial score (nSPS) is 18.4. The Morgan fingerprint density at radius 2 is 2.32 bits per heavy atom. The summed E-state index contributed by atoms with van der Waals surface area (Å²) in [6.07, 6.45) is 2.86. The molecule has 0 aromatic carbocycles. The Morgan fingerprint density at radius 1 is 1.63 bits per heavy atom. The van der Waals surface area contributed by atoms with E-state index in [1.807, 2.05) is 13.8 Å². The van der Waals surface area contributed by atoms with E-state index >= 15 is 0 Å². The van der Waals surface area contributed by atoms with Crippen molar-refractivity contribution in [1.82, 2.24) is 10.5 Å². The zero-order valence-corrected chi connectivity index (χ0v) is 11.8. The van der Waals surface area contributed by atoms with Crippen molar-refractivity contribution in [3.63, 3.8) is 0 Å². The van der Waals surface area contributed by atoms with E-state index in [9.17, 15) is 9.90 Å². The number of rotatable bonds is 6. The van der Waals surface area contributed by atoms with Gasteiger partial charge in [0.05, 0.1) is 5.60 Å². The Balaban J connectivity index is 1.86. The molecule has 0 aliphatic heterocycles. The summed E-state index contributed by atoms with van der Waals surface area (Å²) in [4.78, 5) is 11.9. The van der Waals surface area contributed by atoms with E-state index in [1.54, 1.807) is 13.0 Å². The van der Waals surface area contributed by atoms with Gasteiger partial charge in [0.2, 0.25) is 0 Å². The molecule has 1 saturated carbocycles. The number of aliphatic hydroxyl groups is 1. The third-order valence-electron chi connectivity index (χ3n) is 3.22. The fraction of sp³-hybridized carbons (Fsp3) is 0.714. The van der Waals surface area contributed by atoms with Crippen LogP contribution in [-0.2, 0) is 0 Å². The van der Waals surface area contributed by atoms with Crippen LogP contribution in [0.5, 0.6) is 0 Å². The van der Waals surface area contributed by atoms with Gasteiger partial charge < -0.3 is 14.9 Å². The third-order valence-corrected chi connectivity index (χ3v) is 3.22. The molecule has 1 aliphatic carbocycles. The van der Waals surface area contributed by atoms with Crippen molar-refractivity contribution < 1.29 is 14.4 Å². The van der Waals surface area contributed by atoms with E-state index in [-0.39, 0.29) is 12.5 Å². The van der Waals surface area contributed by atoms with Crippen LogP contribution in [0.2, 0.25) is 0 Å². The molecular formula is C14H22N2O3. The average Bonchev–Trinajstić information content (AvgIpc) is 3.03. The van der Waals surface area contributed by atoms with Gasteiger partial charge in [-0.15, -0.1) is 0 Å². The van der Waals surface area contributed by atoms with Crippen LogP contribution in [-0.4, -0.2) is 28.3 Å². The van der Waals surface area contributed by atoms with Crippen molar-refractivity contribution in [3.05, 3.63) is 17.5 Å². The molecule has 1 aromatic heterocycles. The summed E-state index contributed by atoms with van der Waals surface area (Å²) in [5.41, 5.74) is -0.602. The maximum absolute atomic E-state index is 11.9. The molecule has 19 heavy (non-hydrogen) atoms. The zero-order chi connectivity index (χ0) is 14.0. The highest BCUT2D eigenvalue weighted by Crippen LogP contribution is 2.40. The Hall–Kier alpha value is -1.36. The minimum Gasteiger partial charge on any atom is -0.388 e. The number of aromatic nitrogens is 1. The van der Waals surface area contributed by atoms with Crippen molar-refractivity contribution in [2.24, 2.45) is 5.92 Å². The fourth-order valence-electron chi connectivity index (χ4n) is 2.27. The first-order chi connectivity index (χ1) is 8.87. The molecule has 1 aromatic rings. The second-order valence-electron chi connectivity index (χ2n) is 6.17. The molecule has 0 spiro atoms. The molecule has 5 heteroatoms. The molecule has 1 fully saturated rings. The van der Waals surface area contributed by atoms with Crippen LogP contribution in [0, 0.1) is 5.92 Å². The molecule has 0 saturated heterocycles. The molecule has 5 nitrogen and oxygen atoms in total. The summed E-state index contributed by atoms with van der Waals surface area (Å²) in [5.74, 6) is 1.32. The van der Waals surface area contributed by atoms with Gasteiger partial charge in [-0.25, -0.2) is 0 Å². The number of nitrogens with zero attached hydrogens (tertiary/aromatic N) is 1. The molecule has 0 bridgehead atoms.